The highest BCUT2D eigenvalue weighted by atomic mass is 32.2. The Morgan fingerprint density at radius 3 is 2.69 bits per heavy atom. The Morgan fingerprint density at radius 1 is 1.21 bits per heavy atom. The second kappa shape index (κ2) is 8.01. The minimum atomic E-state index is -3.67. The molecule has 1 aliphatic heterocycles. The van der Waals surface area contributed by atoms with E-state index in [1.54, 1.807) is 26.1 Å². The fourth-order valence-electron chi connectivity index (χ4n) is 4.21. The van der Waals surface area contributed by atoms with Gasteiger partial charge in [-0.15, -0.1) is 0 Å². The van der Waals surface area contributed by atoms with E-state index in [0.717, 1.165) is 55.2 Å². The largest absolute Gasteiger partial charge is 0.377 e. The summed E-state index contributed by atoms with van der Waals surface area (Å²) in [5.74, 6) is 0. The maximum Gasteiger partial charge on any atom is 0.269 e. The van der Waals surface area contributed by atoms with Gasteiger partial charge < -0.3 is 4.74 Å². The number of fused-ring (bicyclic) bond motifs is 1. The molecule has 1 aromatic carbocycles. The van der Waals surface area contributed by atoms with E-state index < -0.39 is 10.0 Å². The Kier molecular flexibility index (Phi) is 5.59. The van der Waals surface area contributed by atoms with Crippen LogP contribution in [0.25, 0.3) is 11.3 Å². The van der Waals surface area contributed by atoms with Crippen LogP contribution in [-0.2, 0) is 34.6 Å². The number of nitrogens with one attached hydrogen (secondary N) is 1. The van der Waals surface area contributed by atoms with Gasteiger partial charge in [0.1, 0.15) is 0 Å². The minimum Gasteiger partial charge on any atom is -0.377 e. The number of aryl methyl sites for hydroxylation is 2. The molecule has 1 atom stereocenters. The molecule has 2 heterocycles. The third kappa shape index (κ3) is 4.01. The summed E-state index contributed by atoms with van der Waals surface area (Å²) in [6.45, 7) is 2.75. The van der Waals surface area contributed by atoms with E-state index in [1.807, 2.05) is 6.07 Å². The van der Waals surface area contributed by atoms with Gasteiger partial charge >= 0.3 is 0 Å². The molecule has 0 spiro atoms. The first-order chi connectivity index (χ1) is 13.9. The summed E-state index contributed by atoms with van der Waals surface area (Å²) in [6.07, 6.45) is 5.31. The minimum absolute atomic E-state index is 0.0540. The fourth-order valence-corrected chi connectivity index (χ4v) is 5.54. The first-order valence-corrected chi connectivity index (χ1v) is 11.7. The number of ether oxygens (including phenoxy) is 1. The molecule has 1 aliphatic carbocycles. The Labute approximate surface area is 171 Å². The van der Waals surface area contributed by atoms with Crippen molar-refractivity contribution in [1.29, 1.82) is 0 Å². The predicted molar refractivity (Wildman–Crippen MR) is 110 cm³/mol. The Hall–Kier alpha value is -2.03. The van der Waals surface area contributed by atoms with Gasteiger partial charge in [0.05, 0.1) is 16.7 Å². The van der Waals surface area contributed by atoms with Crippen LogP contribution in [0.3, 0.4) is 0 Å². The van der Waals surface area contributed by atoms with Gasteiger partial charge in [0.25, 0.3) is 5.56 Å². The lowest BCUT2D eigenvalue weighted by Crippen LogP contribution is -2.32. The van der Waals surface area contributed by atoms with E-state index in [-0.39, 0.29) is 23.1 Å². The average molecular weight is 418 g/mol. The lowest BCUT2D eigenvalue weighted by molar-refractivity contribution is 0.114. The third-order valence-electron chi connectivity index (χ3n) is 5.83. The number of aromatic nitrogens is 2. The zero-order chi connectivity index (χ0) is 20.6. The normalized spacial score (nSPS) is 19.3. The van der Waals surface area contributed by atoms with E-state index in [2.05, 4.69) is 9.82 Å². The van der Waals surface area contributed by atoms with Crippen molar-refractivity contribution in [2.75, 3.05) is 13.2 Å². The summed E-state index contributed by atoms with van der Waals surface area (Å²) < 4.78 is 35.5. The SMILES string of the molecule is Cc1ccc(-c2nn(C)c(=O)c3c2CCCC3)cc1S(=O)(=O)NC[C@H]1CCCO1. The van der Waals surface area contributed by atoms with E-state index in [1.165, 1.54) is 4.68 Å². The molecule has 1 aromatic heterocycles. The Bertz CT molecular complexity index is 1090. The number of hydrogen-bond donors (Lipinski definition) is 1. The Morgan fingerprint density at radius 2 is 1.97 bits per heavy atom. The van der Waals surface area contributed by atoms with E-state index in [4.69, 9.17) is 4.74 Å². The molecular weight excluding hydrogens is 390 g/mol. The fraction of sp³-hybridized carbons (Fsp3) is 0.524. The molecular formula is C21H27N3O4S. The van der Waals surface area contributed by atoms with Gasteiger partial charge in [-0.3, -0.25) is 4.79 Å². The molecule has 0 saturated carbocycles. The maximum absolute atomic E-state index is 13.0. The molecule has 2 aliphatic rings. The van der Waals surface area contributed by atoms with Crippen LogP contribution in [-0.4, -0.2) is 37.5 Å². The molecule has 1 N–H and O–H groups in total. The van der Waals surface area contributed by atoms with Crippen molar-refractivity contribution < 1.29 is 13.2 Å². The van der Waals surface area contributed by atoms with Crippen LogP contribution in [0.1, 0.15) is 42.4 Å². The average Bonchev–Trinajstić information content (AvgIpc) is 3.23. The van der Waals surface area contributed by atoms with Crippen molar-refractivity contribution in [3.63, 3.8) is 0 Å². The number of sulfonamides is 1. The van der Waals surface area contributed by atoms with Crippen molar-refractivity contribution in [3.8, 4) is 11.3 Å². The van der Waals surface area contributed by atoms with Crippen molar-refractivity contribution >= 4 is 10.0 Å². The summed E-state index contributed by atoms with van der Waals surface area (Å²) in [5, 5.41) is 4.49. The molecule has 0 amide bonds. The highest BCUT2D eigenvalue weighted by Crippen LogP contribution is 2.30. The van der Waals surface area contributed by atoms with E-state index in [9.17, 15) is 13.2 Å². The second-order valence-corrected chi connectivity index (χ2v) is 9.64. The van der Waals surface area contributed by atoms with Gasteiger partial charge in [0, 0.05) is 31.3 Å². The summed E-state index contributed by atoms with van der Waals surface area (Å²) in [6, 6.07) is 5.36. The number of rotatable bonds is 5. The smallest absolute Gasteiger partial charge is 0.269 e. The van der Waals surface area contributed by atoms with Crippen LogP contribution in [0, 0.1) is 6.92 Å². The summed E-state index contributed by atoms with van der Waals surface area (Å²) in [4.78, 5) is 12.7. The van der Waals surface area contributed by atoms with Gasteiger partial charge in [-0.1, -0.05) is 12.1 Å². The Balaban J connectivity index is 1.72. The lowest BCUT2D eigenvalue weighted by Gasteiger charge is -2.20. The van der Waals surface area contributed by atoms with Crippen LogP contribution in [0.15, 0.2) is 27.9 Å². The van der Waals surface area contributed by atoms with Crippen molar-refractivity contribution in [2.45, 2.75) is 56.4 Å². The quantitative estimate of drug-likeness (QED) is 0.805. The van der Waals surface area contributed by atoms with Gasteiger partial charge in [0.2, 0.25) is 10.0 Å². The number of hydrogen-bond acceptors (Lipinski definition) is 5. The molecule has 0 unspecified atom stereocenters. The van der Waals surface area contributed by atoms with Gasteiger partial charge in [-0.05, 0) is 62.6 Å². The standard InChI is InChI=1S/C21H27N3O4S/c1-14-9-10-15(12-19(14)29(26,27)22-13-16-6-5-11-28-16)20-17-7-3-4-8-18(17)21(25)24(2)23-20/h9-10,12,16,22H,3-8,11,13H2,1-2H3/t16-/m1/s1. The molecule has 156 valence electrons. The molecule has 29 heavy (non-hydrogen) atoms. The van der Waals surface area contributed by atoms with Crippen LogP contribution < -0.4 is 10.3 Å². The third-order valence-corrected chi connectivity index (χ3v) is 7.40. The maximum atomic E-state index is 13.0. The molecule has 2 aromatic rings. The van der Waals surface area contributed by atoms with Crippen molar-refractivity contribution in [2.24, 2.45) is 7.05 Å². The first kappa shape index (κ1) is 20.3. The van der Waals surface area contributed by atoms with Gasteiger partial charge in [-0.2, -0.15) is 5.10 Å². The predicted octanol–water partition coefficient (Wildman–Crippen LogP) is 2.09. The van der Waals surface area contributed by atoms with E-state index >= 15 is 0 Å². The molecule has 8 heteroatoms. The summed E-state index contributed by atoms with van der Waals surface area (Å²) in [7, 11) is -2.03. The zero-order valence-electron chi connectivity index (χ0n) is 16.9. The van der Waals surface area contributed by atoms with E-state index in [0.29, 0.717) is 17.9 Å². The molecule has 7 nitrogen and oxygen atoms in total. The summed E-state index contributed by atoms with van der Waals surface area (Å²) >= 11 is 0. The molecule has 4 rings (SSSR count). The van der Waals surface area contributed by atoms with Crippen LogP contribution in [0.2, 0.25) is 0 Å². The van der Waals surface area contributed by atoms with Gasteiger partial charge in [-0.25, -0.2) is 17.8 Å². The van der Waals surface area contributed by atoms with Crippen molar-refractivity contribution in [3.05, 3.63) is 45.2 Å². The first-order valence-electron chi connectivity index (χ1n) is 10.2. The van der Waals surface area contributed by atoms with Crippen molar-refractivity contribution in [1.82, 2.24) is 14.5 Å². The van der Waals surface area contributed by atoms with Gasteiger partial charge in [0.15, 0.2) is 0 Å². The van der Waals surface area contributed by atoms with Crippen LogP contribution >= 0.6 is 0 Å². The topological polar surface area (TPSA) is 90.3 Å². The zero-order valence-corrected chi connectivity index (χ0v) is 17.7. The summed E-state index contributed by atoms with van der Waals surface area (Å²) in [5.41, 5.74) is 3.82. The second-order valence-electron chi connectivity index (χ2n) is 7.91. The monoisotopic (exact) mass is 417 g/mol. The molecule has 0 radical (unpaired) electrons. The highest BCUT2D eigenvalue weighted by molar-refractivity contribution is 7.89. The number of nitrogens with zero attached hydrogens (tertiary/aromatic N) is 2. The van der Waals surface area contributed by atoms with Crippen LogP contribution in [0.5, 0.6) is 0 Å². The molecule has 0 bridgehead atoms. The molecule has 1 fully saturated rings. The molecule has 1 saturated heterocycles. The van der Waals surface area contributed by atoms with Crippen LogP contribution in [0.4, 0.5) is 0 Å². The highest BCUT2D eigenvalue weighted by Gasteiger charge is 2.24. The number of benzene rings is 1. The lowest BCUT2D eigenvalue weighted by atomic mass is 9.89.